The van der Waals surface area contributed by atoms with Gasteiger partial charge in [0.1, 0.15) is 0 Å². The van der Waals surface area contributed by atoms with Crippen LogP contribution in [0.1, 0.15) is 40.0 Å². The van der Waals surface area contributed by atoms with E-state index in [0.29, 0.717) is 11.1 Å². The molecular weight excluding hydrogens is 288 g/mol. The van der Waals surface area contributed by atoms with E-state index in [1.807, 2.05) is 6.92 Å². The predicted octanol–water partition coefficient (Wildman–Crippen LogP) is 1.74. The Morgan fingerprint density at radius 3 is 2.52 bits per heavy atom. The van der Waals surface area contributed by atoms with Gasteiger partial charge in [-0.2, -0.15) is 0 Å². The summed E-state index contributed by atoms with van der Waals surface area (Å²) in [6, 6.07) is 3.40. The van der Waals surface area contributed by atoms with Crippen LogP contribution in [-0.2, 0) is 22.9 Å². The third-order valence-corrected chi connectivity index (χ3v) is 5.19. The molecule has 5 nitrogen and oxygen atoms in total. The Balaban J connectivity index is 2.50. The SMILES string of the molecule is Cc1cc(C(N)=O)cc2c3c(n(S(C)(=O)=O)c12)CCCC3. The van der Waals surface area contributed by atoms with E-state index in [4.69, 9.17) is 5.73 Å². The van der Waals surface area contributed by atoms with Crippen LogP contribution in [0.5, 0.6) is 0 Å². The second-order valence-corrected chi connectivity index (χ2v) is 7.54. The number of carbonyl (C=O) groups is 1. The molecule has 0 atom stereocenters. The van der Waals surface area contributed by atoms with Crippen molar-refractivity contribution < 1.29 is 13.2 Å². The van der Waals surface area contributed by atoms with Crippen molar-refractivity contribution in [1.82, 2.24) is 3.97 Å². The number of nitrogens with two attached hydrogens (primary N) is 1. The van der Waals surface area contributed by atoms with Crippen LogP contribution in [0.4, 0.5) is 0 Å². The van der Waals surface area contributed by atoms with E-state index in [2.05, 4.69) is 0 Å². The Bertz CT molecular complexity index is 863. The third kappa shape index (κ3) is 2.14. The molecule has 0 aliphatic heterocycles. The number of carbonyl (C=O) groups excluding carboxylic acids is 1. The Morgan fingerprint density at radius 2 is 1.90 bits per heavy atom. The molecule has 1 aromatic heterocycles. The van der Waals surface area contributed by atoms with E-state index >= 15 is 0 Å². The number of aromatic nitrogens is 1. The lowest BCUT2D eigenvalue weighted by molar-refractivity contribution is 0.100. The molecule has 21 heavy (non-hydrogen) atoms. The summed E-state index contributed by atoms with van der Waals surface area (Å²) >= 11 is 0. The van der Waals surface area contributed by atoms with Crippen LogP contribution in [-0.4, -0.2) is 24.6 Å². The van der Waals surface area contributed by atoms with Crippen LogP contribution in [0.2, 0.25) is 0 Å². The molecule has 1 heterocycles. The van der Waals surface area contributed by atoms with Gasteiger partial charge in [-0.1, -0.05) is 0 Å². The minimum atomic E-state index is -3.38. The smallest absolute Gasteiger partial charge is 0.248 e. The zero-order valence-corrected chi connectivity index (χ0v) is 13.0. The maximum atomic E-state index is 12.2. The number of nitrogens with zero attached hydrogens (tertiary/aromatic N) is 1. The molecule has 1 amide bonds. The molecule has 0 radical (unpaired) electrons. The minimum Gasteiger partial charge on any atom is -0.366 e. The molecule has 0 saturated carbocycles. The average Bonchev–Trinajstić information content (AvgIpc) is 2.73. The van der Waals surface area contributed by atoms with Gasteiger partial charge in [-0.05, 0) is 55.9 Å². The Hall–Kier alpha value is -1.82. The van der Waals surface area contributed by atoms with Gasteiger partial charge >= 0.3 is 0 Å². The molecule has 1 aromatic carbocycles. The zero-order valence-electron chi connectivity index (χ0n) is 12.1. The molecule has 0 bridgehead atoms. The van der Waals surface area contributed by atoms with Crippen molar-refractivity contribution in [1.29, 1.82) is 0 Å². The van der Waals surface area contributed by atoms with Crippen molar-refractivity contribution in [2.45, 2.75) is 32.6 Å². The maximum absolute atomic E-state index is 12.2. The van der Waals surface area contributed by atoms with Crippen molar-refractivity contribution in [3.63, 3.8) is 0 Å². The van der Waals surface area contributed by atoms with Crippen LogP contribution >= 0.6 is 0 Å². The molecular formula is C15H18N2O3S. The summed E-state index contributed by atoms with van der Waals surface area (Å²) in [5.41, 5.74) is 9.18. The summed E-state index contributed by atoms with van der Waals surface area (Å²) in [6.07, 6.45) is 4.84. The van der Waals surface area contributed by atoms with Gasteiger partial charge in [0, 0.05) is 16.6 Å². The first-order valence-electron chi connectivity index (χ1n) is 6.98. The van der Waals surface area contributed by atoms with Crippen molar-refractivity contribution in [2.24, 2.45) is 5.73 Å². The number of hydrogen-bond donors (Lipinski definition) is 1. The number of hydrogen-bond acceptors (Lipinski definition) is 3. The topological polar surface area (TPSA) is 82.2 Å². The van der Waals surface area contributed by atoms with E-state index in [1.54, 1.807) is 12.1 Å². The Labute approximate surface area is 123 Å². The second kappa shape index (κ2) is 4.59. The first-order chi connectivity index (χ1) is 9.80. The van der Waals surface area contributed by atoms with Crippen LogP contribution < -0.4 is 5.73 Å². The zero-order chi connectivity index (χ0) is 15.4. The molecule has 0 saturated heterocycles. The van der Waals surface area contributed by atoms with E-state index < -0.39 is 15.9 Å². The molecule has 2 N–H and O–H groups in total. The molecule has 0 fully saturated rings. The van der Waals surface area contributed by atoms with Crippen molar-refractivity contribution in [3.05, 3.63) is 34.5 Å². The van der Waals surface area contributed by atoms with Gasteiger partial charge in [-0.3, -0.25) is 4.79 Å². The highest BCUT2D eigenvalue weighted by Gasteiger charge is 2.26. The third-order valence-electron chi connectivity index (χ3n) is 4.13. The lowest BCUT2D eigenvalue weighted by Crippen LogP contribution is -2.16. The average molecular weight is 306 g/mol. The lowest BCUT2D eigenvalue weighted by atomic mass is 9.94. The largest absolute Gasteiger partial charge is 0.366 e. The van der Waals surface area contributed by atoms with E-state index in [-0.39, 0.29) is 0 Å². The Morgan fingerprint density at radius 1 is 1.24 bits per heavy atom. The fraction of sp³-hybridized carbons (Fsp3) is 0.400. The van der Waals surface area contributed by atoms with Gasteiger partial charge < -0.3 is 5.73 Å². The van der Waals surface area contributed by atoms with E-state index in [1.165, 1.54) is 10.2 Å². The first kappa shape index (κ1) is 14.1. The number of primary amides is 1. The van der Waals surface area contributed by atoms with Gasteiger partial charge in [-0.25, -0.2) is 12.4 Å². The van der Waals surface area contributed by atoms with E-state index in [9.17, 15) is 13.2 Å². The summed E-state index contributed by atoms with van der Waals surface area (Å²) in [5.74, 6) is -0.489. The summed E-state index contributed by atoms with van der Waals surface area (Å²) in [5, 5.41) is 0.851. The normalized spacial score (nSPS) is 15.1. The van der Waals surface area contributed by atoms with E-state index in [0.717, 1.165) is 47.9 Å². The van der Waals surface area contributed by atoms with Crippen molar-refractivity contribution in [3.8, 4) is 0 Å². The number of aryl methyl sites for hydroxylation is 2. The van der Waals surface area contributed by atoms with Crippen LogP contribution in [0.15, 0.2) is 12.1 Å². The summed E-state index contributed by atoms with van der Waals surface area (Å²) in [6.45, 7) is 1.82. The highest BCUT2D eigenvalue weighted by Crippen LogP contribution is 2.35. The van der Waals surface area contributed by atoms with Gasteiger partial charge in [0.2, 0.25) is 15.9 Å². The standard InChI is InChI=1S/C15H18N2O3S/c1-9-7-10(15(16)18)8-12-11-5-3-4-6-13(11)17(14(9)12)21(2,19)20/h7-8H,3-6H2,1-2H3,(H2,16,18). The van der Waals surface area contributed by atoms with Crippen molar-refractivity contribution >= 4 is 26.8 Å². The number of benzene rings is 1. The number of fused-ring (bicyclic) bond motifs is 3. The monoisotopic (exact) mass is 306 g/mol. The Kier molecular flexibility index (Phi) is 3.09. The maximum Gasteiger partial charge on any atom is 0.248 e. The molecule has 6 heteroatoms. The molecule has 112 valence electrons. The molecule has 0 spiro atoms. The summed E-state index contributed by atoms with van der Waals surface area (Å²) in [7, 11) is -3.38. The molecule has 3 rings (SSSR count). The van der Waals surface area contributed by atoms with Gasteiger partial charge in [0.25, 0.3) is 0 Å². The van der Waals surface area contributed by atoms with Gasteiger partial charge in [0.15, 0.2) is 0 Å². The van der Waals surface area contributed by atoms with Crippen LogP contribution in [0.25, 0.3) is 10.9 Å². The van der Waals surface area contributed by atoms with Crippen molar-refractivity contribution in [2.75, 3.05) is 6.26 Å². The second-order valence-electron chi connectivity index (χ2n) is 5.71. The molecule has 2 aromatic rings. The highest BCUT2D eigenvalue weighted by atomic mass is 32.2. The fourth-order valence-electron chi connectivity index (χ4n) is 3.33. The highest BCUT2D eigenvalue weighted by molar-refractivity contribution is 7.89. The first-order valence-corrected chi connectivity index (χ1v) is 8.82. The number of rotatable bonds is 2. The number of amides is 1. The van der Waals surface area contributed by atoms with Gasteiger partial charge in [-0.15, -0.1) is 0 Å². The quantitative estimate of drug-likeness (QED) is 0.917. The molecule has 0 unspecified atom stereocenters. The van der Waals surface area contributed by atoms with Crippen LogP contribution in [0.3, 0.4) is 0 Å². The molecule has 1 aliphatic carbocycles. The summed E-state index contributed by atoms with van der Waals surface area (Å²) < 4.78 is 25.9. The minimum absolute atomic E-state index is 0.430. The molecule has 1 aliphatic rings. The fourth-order valence-corrected chi connectivity index (χ4v) is 4.50. The van der Waals surface area contributed by atoms with Gasteiger partial charge in [0.05, 0.1) is 11.8 Å². The van der Waals surface area contributed by atoms with Crippen LogP contribution in [0, 0.1) is 6.92 Å². The predicted molar refractivity (Wildman–Crippen MR) is 82.1 cm³/mol. The lowest BCUT2D eigenvalue weighted by Gasteiger charge is -2.14. The summed E-state index contributed by atoms with van der Waals surface area (Å²) in [4.78, 5) is 11.5.